The van der Waals surface area contributed by atoms with Crippen molar-refractivity contribution in [2.45, 2.75) is 59.0 Å². The van der Waals surface area contributed by atoms with Crippen LogP contribution < -0.4 is 15.4 Å². The van der Waals surface area contributed by atoms with Gasteiger partial charge in [0.1, 0.15) is 0 Å². The van der Waals surface area contributed by atoms with Crippen LogP contribution in [0.4, 0.5) is 0 Å². The lowest BCUT2D eigenvalue weighted by Crippen LogP contribution is -2.49. The minimum atomic E-state index is -3.10. The summed E-state index contributed by atoms with van der Waals surface area (Å²) in [5, 5.41) is 6.78. The van der Waals surface area contributed by atoms with Gasteiger partial charge in [-0.05, 0) is 47.0 Å². The lowest BCUT2D eigenvalue weighted by molar-refractivity contribution is 0.167. The third kappa shape index (κ3) is 10.6. The minimum absolute atomic E-state index is 0. The Morgan fingerprint density at radius 3 is 2.40 bits per heavy atom. The van der Waals surface area contributed by atoms with Gasteiger partial charge in [0.15, 0.2) is 5.96 Å². The fourth-order valence-electron chi connectivity index (χ4n) is 2.67. The first-order valence-corrected chi connectivity index (χ1v) is 10.8. The van der Waals surface area contributed by atoms with Crippen LogP contribution in [0, 0.1) is 0 Å². The van der Waals surface area contributed by atoms with Crippen molar-refractivity contribution in [1.29, 1.82) is 0 Å². The van der Waals surface area contributed by atoms with Gasteiger partial charge in [-0.2, -0.15) is 0 Å². The van der Waals surface area contributed by atoms with Crippen molar-refractivity contribution in [3.63, 3.8) is 0 Å². The summed E-state index contributed by atoms with van der Waals surface area (Å²) in [5.41, 5.74) is 0. The Kier molecular flexibility index (Phi) is 13.0. The van der Waals surface area contributed by atoms with E-state index < -0.39 is 10.0 Å². The van der Waals surface area contributed by atoms with E-state index in [4.69, 9.17) is 0 Å². The molecule has 1 heterocycles. The van der Waals surface area contributed by atoms with Crippen LogP contribution in [-0.4, -0.2) is 69.8 Å². The van der Waals surface area contributed by atoms with Crippen LogP contribution >= 0.6 is 24.0 Å². The third-order valence-electron chi connectivity index (χ3n) is 4.25. The molecule has 0 amide bonds. The first-order valence-electron chi connectivity index (χ1n) is 9.14. The van der Waals surface area contributed by atoms with Crippen molar-refractivity contribution in [2.75, 3.05) is 38.5 Å². The average molecular weight is 489 g/mol. The number of piperidine rings is 1. The fourth-order valence-corrected chi connectivity index (χ4v) is 3.33. The maximum Gasteiger partial charge on any atom is 0.211 e. The lowest BCUT2D eigenvalue weighted by Gasteiger charge is -2.35. The Morgan fingerprint density at radius 1 is 1.24 bits per heavy atom. The van der Waals surface area contributed by atoms with Crippen LogP contribution in [-0.2, 0) is 10.0 Å². The van der Waals surface area contributed by atoms with Gasteiger partial charge in [0.2, 0.25) is 10.0 Å². The van der Waals surface area contributed by atoms with E-state index in [2.05, 4.69) is 39.1 Å². The Balaban J connectivity index is 0.00000576. The molecule has 0 atom stereocenters. The molecule has 0 radical (unpaired) electrons. The van der Waals surface area contributed by atoms with Crippen molar-refractivity contribution in [2.24, 2.45) is 4.99 Å². The van der Waals surface area contributed by atoms with Gasteiger partial charge in [-0.15, -0.1) is 24.0 Å². The van der Waals surface area contributed by atoms with E-state index in [1.54, 1.807) is 6.92 Å². The number of hydrogen-bond donors (Lipinski definition) is 3. The molecule has 1 rings (SSSR count). The zero-order valence-corrected chi connectivity index (χ0v) is 19.2. The summed E-state index contributed by atoms with van der Waals surface area (Å²) in [6.45, 7) is 12.3. The monoisotopic (exact) mass is 489 g/mol. The summed E-state index contributed by atoms with van der Waals surface area (Å²) < 4.78 is 25.3. The molecule has 150 valence electrons. The van der Waals surface area contributed by atoms with Crippen LogP contribution in [0.5, 0.6) is 0 Å². The predicted octanol–water partition coefficient (Wildman–Crippen LogP) is 1.36. The molecule has 1 fully saturated rings. The Bertz CT molecular complexity index is 477. The highest BCUT2D eigenvalue weighted by molar-refractivity contribution is 14.0. The van der Waals surface area contributed by atoms with E-state index >= 15 is 0 Å². The van der Waals surface area contributed by atoms with Gasteiger partial charge in [-0.25, -0.2) is 13.1 Å². The normalized spacial score (nSPS) is 17.4. The van der Waals surface area contributed by atoms with E-state index in [0.717, 1.165) is 38.4 Å². The molecule has 1 aliphatic heterocycles. The standard InChI is InChI=1S/C16H35N5O2S.HI/c1-5-17-16(18-10-7-11-19-24(22,23)6-2)20-15-8-12-21(13-9-15)14(3)4;/h14-15,19H,5-13H2,1-4H3,(H2,17,18,20);1H. The summed E-state index contributed by atoms with van der Waals surface area (Å²) in [5.74, 6) is 0.953. The minimum Gasteiger partial charge on any atom is -0.357 e. The van der Waals surface area contributed by atoms with Crippen molar-refractivity contribution < 1.29 is 8.42 Å². The second-order valence-electron chi connectivity index (χ2n) is 6.46. The van der Waals surface area contributed by atoms with E-state index in [9.17, 15) is 8.42 Å². The number of likely N-dealkylation sites (tertiary alicyclic amines) is 1. The van der Waals surface area contributed by atoms with Gasteiger partial charge in [-0.1, -0.05) is 0 Å². The maximum absolute atomic E-state index is 11.4. The van der Waals surface area contributed by atoms with Crippen LogP contribution in [0.3, 0.4) is 0 Å². The zero-order valence-electron chi connectivity index (χ0n) is 16.0. The second-order valence-corrected chi connectivity index (χ2v) is 8.56. The molecule has 0 aliphatic carbocycles. The molecule has 25 heavy (non-hydrogen) atoms. The number of hydrogen-bond acceptors (Lipinski definition) is 4. The number of nitrogens with one attached hydrogen (secondary N) is 3. The Morgan fingerprint density at radius 2 is 1.88 bits per heavy atom. The highest BCUT2D eigenvalue weighted by Gasteiger charge is 2.21. The van der Waals surface area contributed by atoms with Gasteiger partial charge in [-0.3, -0.25) is 4.99 Å². The molecule has 0 spiro atoms. The molecular formula is C16H36IN5O2S. The highest BCUT2D eigenvalue weighted by Crippen LogP contribution is 2.12. The molecule has 9 heteroatoms. The Labute approximate surface area is 170 Å². The van der Waals surface area contributed by atoms with E-state index in [1.165, 1.54) is 0 Å². The number of rotatable bonds is 9. The first kappa shape index (κ1) is 24.9. The quantitative estimate of drug-likeness (QED) is 0.197. The van der Waals surface area contributed by atoms with Gasteiger partial charge in [0.25, 0.3) is 0 Å². The largest absolute Gasteiger partial charge is 0.357 e. The number of sulfonamides is 1. The average Bonchev–Trinajstić information content (AvgIpc) is 2.55. The van der Waals surface area contributed by atoms with Gasteiger partial charge in [0.05, 0.1) is 5.75 Å². The number of nitrogens with zero attached hydrogens (tertiary/aromatic N) is 2. The molecule has 1 aliphatic rings. The first-order chi connectivity index (χ1) is 11.4. The van der Waals surface area contributed by atoms with Crippen LogP contribution in [0.15, 0.2) is 4.99 Å². The molecule has 0 unspecified atom stereocenters. The second kappa shape index (κ2) is 13.1. The zero-order chi connectivity index (χ0) is 18.0. The number of guanidine groups is 1. The summed E-state index contributed by atoms with van der Waals surface area (Å²) in [7, 11) is -3.10. The van der Waals surface area contributed by atoms with E-state index in [-0.39, 0.29) is 29.7 Å². The molecule has 7 nitrogen and oxygen atoms in total. The van der Waals surface area contributed by atoms with Crippen molar-refractivity contribution in [3.05, 3.63) is 0 Å². The van der Waals surface area contributed by atoms with Gasteiger partial charge >= 0.3 is 0 Å². The smallest absolute Gasteiger partial charge is 0.211 e. The summed E-state index contributed by atoms with van der Waals surface area (Å²) in [6, 6.07) is 1.07. The maximum atomic E-state index is 11.4. The van der Waals surface area contributed by atoms with Crippen LogP contribution in [0.2, 0.25) is 0 Å². The summed E-state index contributed by atoms with van der Waals surface area (Å²) >= 11 is 0. The van der Waals surface area contributed by atoms with Crippen molar-refractivity contribution >= 4 is 40.0 Å². The SMILES string of the molecule is CCNC(=NCCCNS(=O)(=O)CC)NC1CCN(C(C)C)CC1.I. The Hall–Kier alpha value is -0.130. The molecule has 3 N–H and O–H groups in total. The van der Waals surface area contributed by atoms with E-state index in [1.807, 2.05) is 6.92 Å². The molecular weight excluding hydrogens is 453 g/mol. The number of aliphatic imine (C=N–C) groups is 1. The molecule has 0 bridgehead atoms. The summed E-state index contributed by atoms with van der Waals surface area (Å²) in [6.07, 6.45) is 2.94. The fraction of sp³-hybridized carbons (Fsp3) is 0.938. The molecule has 0 aromatic carbocycles. The topological polar surface area (TPSA) is 85.8 Å². The highest BCUT2D eigenvalue weighted by atomic mass is 127. The van der Waals surface area contributed by atoms with Crippen LogP contribution in [0.25, 0.3) is 0 Å². The van der Waals surface area contributed by atoms with Gasteiger partial charge in [0, 0.05) is 44.8 Å². The van der Waals surface area contributed by atoms with Gasteiger partial charge < -0.3 is 15.5 Å². The van der Waals surface area contributed by atoms with Crippen LogP contribution in [0.1, 0.15) is 47.0 Å². The van der Waals surface area contributed by atoms with E-state index in [0.29, 0.717) is 31.6 Å². The third-order valence-corrected chi connectivity index (χ3v) is 5.66. The molecule has 0 saturated carbocycles. The number of halogens is 1. The summed E-state index contributed by atoms with van der Waals surface area (Å²) in [4.78, 5) is 7.06. The molecule has 0 aromatic heterocycles. The molecule has 0 aromatic rings. The predicted molar refractivity (Wildman–Crippen MR) is 116 cm³/mol. The lowest BCUT2D eigenvalue weighted by atomic mass is 10.0. The van der Waals surface area contributed by atoms with Crippen molar-refractivity contribution in [1.82, 2.24) is 20.3 Å². The molecule has 1 saturated heterocycles. The van der Waals surface area contributed by atoms with Crippen molar-refractivity contribution in [3.8, 4) is 0 Å².